The molecule has 0 fully saturated rings. The largest absolute Gasteiger partial charge is 0.489 e. The Morgan fingerprint density at radius 2 is 1.75 bits per heavy atom. The minimum atomic E-state index is 0.542. The monoisotopic (exact) mass is 265 g/mol. The molecule has 2 aromatic rings. The lowest BCUT2D eigenvalue weighted by Crippen LogP contribution is -2.00. The van der Waals surface area contributed by atoms with Gasteiger partial charge in [-0.25, -0.2) is 0 Å². The smallest absolute Gasteiger partial charge is 0.120 e. The Morgan fingerprint density at radius 1 is 1.05 bits per heavy atom. The standard InChI is InChI=1S/C18H19NO/c1-14-6-3-7-15(2)18(14)13-20-17-10-4-8-16(12-17)9-5-11-19/h3-4,6-8,10,12H,5,9,13H2,1-2H3. The van der Waals surface area contributed by atoms with Gasteiger partial charge in [0.15, 0.2) is 0 Å². The SMILES string of the molecule is Cc1cccc(C)c1COc1cccc(CCC#N)c1. The lowest BCUT2D eigenvalue weighted by Gasteiger charge is -2.12. The van der Waals surface area contributed by atoms with E-state index in [9.17, 15) is 0 Å². The highest BCUT2D eigenvalue weighted by atomic mass is 16.5. The molecule has 2 rings (SSSR count). The van der Waals surface area contributed by atoms with Crippen LogP contribution < -0.4 is 4.74 Å². The van der Waals surface area contributed by atoms with Crippen molar-refractivity contribution in [1.29, 1.82) is 5.26 Å². The Kier molecular flexibility index (Phi) is 4.79. The van der Waals surface area contributed by atoms with Crippen LogP contribution in [-0.4, -0.2) is 0 Å². The molecule has 0 saturated carbocycles. The van der Waals surface area contributed by atoms with E-state index in [0.717, 1.165) is 17.7 Å². The van der Waals surface area contributed by atoms with Crippen molar-refractivity contribution in [2.45, 2.75) is 33.3 Å². The van der Waals surface area contributed by atoms with Gasteiger partial charge in [0.2, 0.25) is 0 Å². The summed E-state index contributed by atoms with van der Waals surface area (Å²) in [5.74, 6) is 0.864. The molecule has 2 heteroatoms. The van der Waals surface area contributed by atoms with Crippen LogP contribution in [0.5, 0.6) is 5.75 Å². The first-order valence-electron chi connectivity index (χ1n) is 6.84. The molecule has 0 aliphatic heterocycles. The van der Waals surface area contributed by atoms with Crippen molar-refractivity contribution in [1.82, 2.24) is 0 Å². The third kappa shape index (κ3) is 3.61. The summed E-state index contributed by atoms with van der Waals surface area (Å²) in [6, 6.07) is 16.4. The molecule has 0 radical (unpaired) electrons. The fourth-order valence-corrected chi connectivity index (χ4v) is 2.22. The van der Waals surface area contributed by atoms with Crippen LogP contribution in [-0.2, 0) is 13.0 Å². The van der Waals surface area contributed by atoms with E-state index < -0.39 is 0 Å². The molecular weight excluding hydrogens is 246 g/mol. The zero-order chi connectivity index (χ0) is 14.4. The van der Waals surface area contributed by atoms with E-state index in [2.05, 4.69) is 38.1 Å². The average molecular weight is 265 g/mol. The Hall–Kier alpha value is -2.27. The van der Waals surface area contributed by atoms with Crippen LogP contribution in [0.25, 0.3) is 0 Å². The number of hydrogen-bond donors (Lipinski definition) is 0. The molecule has 2 aromatic carbocycles. The van der Waals surface area contributed by atoms with Gasteiger partial charge in [-0.1, -0.05) is 30.3 Å². The van der Waals surface area contributed by atoms with Crippen LogP contribution in [0, 0.1) is 25.2 Å². The van der Waals surface area contributed by atoms with E-state index in [1.54, 1.807) is 0 Å². The Morgan fingerprint density at radius 3 is 2.45 bits per heavy atom. The number of rotatable bonds is 5. The van der Waals surface area contributed by atoms with Gasteiger partial charge in [-0.15, -0.1) is 0 Å². The first-order valence-corrected chi connectivity index (χ1v) is 6.84. The van der Waals surface area contributed by atoms with E-state index in [0.29, 0.717) is 13.0 Å². The summed E-state index contributed by atoms with van der Waals surface area (Å²) >= 11 is 0. The van der Waals surface area contributed by atoms with E-state index in [-0.39, 0.29) is 0 Å². The molecule has 0 N–H and O–H groups in total. The van der Waals surface area contributed by atoms with Gasteiger partial charge in [0, 0.05) is 6.42 Å². The number of aryl methyl sites for hydroxylation is 3. The highest BCUT2D eigenvalue weighted by Gasteiger charge is 2.03. The Bertz CT molecular complexity index is 605. The molecule has 0 unspecified atom stereocenters. The van der Waals surface area contributed by atoms with Crippen LogP contribution in [0.15, 0.2) is 42.5 Å². The molecule has 0 amide bonds. The molecule has 0 atom stereocenters. The van der Waals surface area contributed by atoms with E-state index in [1.807, 2.05) is 24.3 Å². The molecule has 0 heterocycles. The Labute approximate surface area is 120 Å². The number of nitrogens with zero attached hydrogens (tertiary/aromatic N) is 1. The maximum Gasteiger partial charge on any atom is 0.120 e. The number of benzene rings is 2. The van der Waals surface area contributed by atoms with Crippen molar-refractivity contribution >= 4 is 0 Å². The quantitative estimate of drug-likeness (QED) is 0.805. The minimum Gasteiger partial charge on any atom is -0.489 e. The summed E-state index contributed by atoms with van der Waals surface area (Å²) in [7, 11) is 0. The molecular formula is C18H19NO. The molecule has 2 nitrogen and oxygen atoms in total. The minimum absolute atomic E-state index is 0.542. The summed E-state index contributed by atoms with van der Waals surface area (Å²) < 4.78 is 5.89. The first kappa shape index (κ1) is 14.1. The van der Waals surface area contributed by atoms with Crippen LogP contribution in [0.4, 0.5) is 0 Å². The Balaban J connectivity index is 2.06. The fourth-order valence-electron chi connectivity index (χ4n) is 2.22. The number of ether oxygens (including phenoxy) is 1. The van der Waals surface area contributed by atoms with Gasteiger partial charge in [0.25, 0.3) is 0 Å². The summed E-state index contributed by atoms with van der Waals surface area (Å²) in [6.07, 6.45) is 1.32. The van der Waals surface area contributed by atoms with E-state index in [1.165, 1.54) is 16.7 Å². The van der Waals surface area contributed by atoms with Crippen LogP contribution in [0.2, 0.25) is 0 Å². The highest BCUT2D eigenvalue weighted by molar-refractivity contribution is 5.34. The van der Waals surface area contributed by atoms with Gasteiger partial charge >= 0.3 is 0 Å². The van der Waals surface area contributed by atoms with Crippen molar-refractivity contribution in [2.24, 2.45) is 0 Å². The zero-order valence-electron chi connectivity index (χ0n) is 12.0. The average Bonchev–Trinajstić information content (AvgIpc) is 2.45. The highest BCUT2D eigenvalue weighted by Crippen LogP contribution is 2.19. The summed E-state index contributed by atoms with van der Waals surface area (Å²) in [6.45, 7) is 4.80. The molecule has 0 aromatic heterocycles. The zero-order valence-corrected chi connectivity index (χ0v) is 12.0. The second-order valence-corrected chi connectivity index (χ2v) is 4.96. The van der Waals surface area contributed by atoms with Crippen molar-refractivity contribution in [3.63, 3.8) is 0 Å². The second-order valence-electron chi connectivity index (χ2n) is 4.96. The van der Waals surface area contributed by atoms with Crippen molar-refractivity contribution in [2.75, 3.05) is 0 Å². The van der Waals surface area contributed by atoms with Crippen LogP contribution in [0.1, 0.15) is 28.7 Å². The van der Waals surface area contributed by atoms with Gasteiger partial charge in [0.05, 0.1) is 6.07 Å². The fraction of sp³-hybridized carbons (Fsp3) is 0.278. The maximum atomic E-state index is 8.63. The molecule has 102 valence electrons. The molecule has 0 aliphatic rings. The lowest BCUT2D eigenvalue weighted by atomic mass is 10.0. The molecule has 0 spiro atoms. The molecule has 20 heavy (non-hydrogen) atoms. The van der Waals surface area contributed by atoms with Gasteiger partial charge in [-0.2, -0.15) is 5.26 Å². The summed E-state index contributed by atoms with van der Waals surface area (Å²) in [5.41, 5.74) is 4.90. The van der Waals surface area contributed by atoms with Crippen molar-refractivity contribution in [3.05, 3.63) is 64.7 Å². The number of hydrogen-bond acceptors (Lipinski definition) is 2. The van der Waals surface area contributed by atoms with E-state index in [4.69, 9.17) is 10.00 Å². The molecule has 0 bridgehead atoms. The normalized spacial score (nSPS) is 10.1. The van der Waals surface area contributed by atoms with Gasteiger partial charge in [-0.05, 0) is 54.7 Å². The second kappa shape index (κ2) is 6.77. The predicted molar refractivity (Wildman–Crippen MR) is 80.6 cm³/mol. The third-order valence-electron chi connectivity index (χ3n) is 3.45. The van der Waals surface area contributed by atoms with E-state index >= 15 is 0 Å². The predicted octanol–water partition coefficient (Wildman–Crippen LogP) is 4.34. The van der Waals surface area contributed by atoms with Gasteiger partial charge in [0.1, 0.15) is 12.4 Å². The molecule has 0 aliphatic carbocycles. The van der Waals surface area contributed by atoms with Crippen LogP contribution in [0.3, 0.4) is 0 Å². The number of nitriles is 1. The summed E-state index contributed by atoms with van der Waals surface area (Å²) in [4.78, 5) is 0. The third-order valence-corrected chi connectivity index (χ3v) is 3.45. The first-order chi connectivity index (χ1) is 9.70. The van der Waals surface area contributed by atoms with Crippen LogP contribution >= 0.6 is 0 Å². The van der Waals surface area contributed by atoms with Gasteiger partial charge in [-0.3, -0.25) is 0 Å². The topological polar surface area (TPSA) is 33.0 Å². The van der Waals surface area contributed by atoms with Crippen molar-refractivity contribution in [3.8, 4) is 11.8 Å². The van der Waals surface area contributed by atoms with Gasteiger partial charge < -0.3 is 4.74 Å². The summed E-state index contributed by atoms with van der Waals surface area (Å²) in [5, 5.41) is 8.63. The lowest BCUT2D eigenvalue weighted by molar-refractivity contribution is 0.304. The molecule has 0 saturated heterocycles. The van der Waals surface area contributed by atoms with Crippen molar-refractivity contribution < 1.29 is 4.74 Å². The maximum absolute atomic E-state index is 8.63.